The van der Waals surface area contributed by atoms with Crippen molar-refractivity contribution in [1.82, 2.24) is 50.0 Å². The highest BCUT2D eigenvalue weighted by atomic mass is 16.5. The molecule has 9 rings (SSSR count). The maximum absolute atomic E-state index is 13.7. The zero-order valence-electron chi connectivity index (χ0n) is 33.5. The Labute approximate surface area is 345 Å². The Morgan fingerprint density at radius 1 is 0.883 bits per heavy atom. The molecule has 2 aromatic carbocycles. The number of Topliss-reactive ketones (excluding diaryl/α,β-unsaturated/α-hetero) is 1. The highest BCUT2D eigenvalue weighted by Crippen LogP contribution is 2.40. The van der Waals surface area contributed by atoms with Crippen LogP contribution in [0.4, 0.5) is 9.59 Å². The van der Waals surface area contributed by atoms with Gasteiger partial charge in [0.1, 0.15) is 23.5 Å². The number of methoxy groups -OCH3 is 1. The van der Waals surface area contributed by atoms with Crippen LogP contribution in [-0.2, 0) is 27.3 Å². The van der Waals surface area contributed by atoms with Crippen LogP contribution < -0.4 is 10.6 Å². The molecule has 16 nitrogen and oxygen atoms in total. The van der Waals surface area contributed by atoms with Crippen LogP contribution in [0, 0.1) is 5.92 Å². The summed E-state index contributed by atoms with van der Waals surface area (Å²) in [6.07, 6.45) is 10.5. The van der Waals surface area contributed by atoms with Gasteiger partial charge in [-0.3, -0.25) is 9.59 Å². The minimum absolute atomic E-state index is 0.0127. The number of carboxylic acid groups (broad SMARTS) is 1. The average molecular weight is 811 g/mol. The van der Waals surface area contributed by atoms with Crippen molar-refractivity contribution >= 4 is 34.6 Å². The Bertz CT molecular complexity index is 2610. The first kappa shape index (κ1) is 38.7. The third-order valence-corrected chi connectivity index (χ3v) is 12.2. The number of rotatable bonds is 9. The molecule has 3 aliphatic rings. The van der Waals surface area contributed by atoms with E-state index in [9.17, 15) is 24.3 Å². The normalized spacial score (nSPS) is 20.5. The summed E-state index contributed by atoms with van der Waals surface area (Å²) in [5, 5.41) is 16.8. The summed E-state index contributed by atoms with van der Waals surface area (Å²) in [5.74, 6) is 0.997. The molecule has 0 saturated carbocycles. The molecule has 308 valence electrons. The van der Waals surface area contributed by atoms with Crippen LogP contribution in [0.2, 0.25) is 0 Å². The Kier molecular flexibility index (Phi) is 10.1. The number of hydrogen-bond acceptors (Lipinski definition) is 9. The van der Waals surface area contributed by atoms with E-state index in [0.717, 1.165) is 69.4 Å². The number of fused-ring (bicyclic) bond motifs is 1. The van der Waals surface area contributed by atoms with Crippen LogP contribution in [-0.4, -0.2) is 94.1 Å². The monoisotopic (exact) mass is 810 g/mol. The number of aromatic amines is 2. The largest absolute Gasteiger partial charge is 0.465 e. The van der Waals surface area contributed by atoms with E-state index in [-0.39, 0.29) is 36.0 Å². The summed E-state index contributed by atoms with van der Waals surface area (Å²) >= 11 is 0. The van der Waals surface area contributed by atoms with Crippen LogP contribution in [0.3, 0.4) is 0 Å². The smallest absolute Gasteiger partial charge is 0.407 e. The van der Waals surface area contributed by atoms with Crippen molar-refractivity contribution in [3.63, 3.8) is 0 Å². The Morgan fingerprint density at radius 3 is 2.32 bits per heavy atom. The summed E-state index contributed by atoms with van der Waals surface area (Å²) in [6, 6.07) is 12.9. The quantitative estimate of drug-likeness (QED) is 0.109. The van der Waals surface area contributed by atoms with Crippen molar-refractivity contribution in [2.45, 2.75) is 82.5 Å². The molecule has 0 bridgehead atoms. The number of ether oxygens (including phenoxy) is 1. The van der Waals surface area contributed by atoms with E-state index in [4.69, 9.17) is 19.7 Å². The van der Waals surface area contributed by atoms with Gasteiger partial charge >= 0.3 is 12.2 Å². The molecule has 1 aliphatic carbocycles. The number of likely N-dealkylation sites (tertiary alicyclic amines) is 1. The molecule has 0 spiro atoms. The van der Waals surface area contributed by atoms with Gasteiger partial charge in [-0.25, -0.2) is 29.5 Å². The SMILES string of the molecule is COC(=O)N[C@H](C(=O)N1CCC[C@H]1c1ncc(-c2ccc3cc(-c4ncc(-c5cnc([C@H]6CC(=O)C7c8c(ccn8C6)CC[C@@H]7NC(=O)O)[nH]5)cn4)ccc3c2)[nH]1)C(C)C. The number of amides is 3. The van der Waals surface area contributed by atoms with Crippen molar-refractivity contribution in [1.29, 1.82) is 0 Å². The van der Waals surface area contributed by atoms with Crippen LogP contribution in [0.5, 0.6) is 0 Å². The Balaban J connectivity index is 0.880. The zero-order chi connectivity index (χ0) is 41.7. The van der Waals surface area contributed by atoms with E-state index in [1.165, 1.54) is 7.11 Å². The zero-order valence-corrected chi connectivity index (χ0v) is 33.5. The second-order valence-corrected chi connectivity index (χ2v) is 16.3. The molecule has 4 aromatic heterocycles. The number of nitrogens with one attached hydrogen (secondary N) is 4. The maximum atomic E-state index is 13.7. The molecule has 6 heterocycles. The first-order valence-corrected chi connectivity index (χ1v) is 20.4. The molecule has 5 atom stereocenters. The lowest BCUT2D eigenvalue weighted by Crippen LogP contribution is -2.51. The van der Waals surface area contributed by atoms with E-state index in [1.54, 1.807) is 29.7 Å². The number of carbonyl (C=O) groups is 4. The van der Waals surface area contributed by atoms with Crippen LogP contribution >= 0.6 is 0 Å². The minimum Gasteiger partial charge on any atom is -0.465 e. The molecular weight excluding hydrogens is 765 g/mol. The van der Waals surface area contributed by atoms with Crippen molar-refractivity contribution in [3.05, 3.63) is 96.4 Å². The number of imidazole rings is 2. The second-order valence-electron chi connectivity index (χ2n) is 16.3. The minimum atomic E-state index is -1.12. The molecule has 6 aromatic rings. The van der Waals surface area contributed by atoms with Gasteiger partial charge in [0, 0.05) is 72.4 Å². The fourth-order valence-corrected chi connectivity index (χ4v) is 9.20. The third-order valence-electron chi connectivity index (χ3n) is 12.2. The number of alkyl carbamates (subject to hydrolysis) is 1. The van der Waals surface area contributed by atoms with Crippen molar-refractivity contribution in [2.75, 3.05) is 13.7 Å². The van der Waals surface area contributed by atoms with Gasteiger partial charge in [-0.05, 0) is 66.1 Å². The summed E-state index contributed by atoms with van der Waals surface area (Å²) < 4.78 is 6.86. The predicted molar refractivity (Wildman–Crippen MR) is 221 cm³/mol. The molecule has 3 amide bonds. The van der Waals surface area contributed by atoms with Crippen molar-refractivity contribution in [2.24, 2.45) is 5.92 Å². The average Bonchev–Trinajstić information content (AvgIpc) is 4.08. The number of ketones is 1. The first-order valence-electron chi connectivity index (χ1n) is 20.4. The van der Waals surface area contributed by atoms with Crippen LogP contribution in [0.1, 0.15) is 80.3 Å². The predicted octanol–water partition coefficient (Wildman–Crippen LogP) is 6.35. The molecule has 16 heteroatoms. The van der Waals surface area contributed by atoms with E-state index < -0.39 is 30.2 Å². The lowest BCUT2D eigenvalue weighted by atomic mass is 9.79. The number of hydrogen-bond donors (Lipinski definition) is 5. The lowest BCUT2D eigenvalue weighted by molar-refractivity contribution is -0.135. The fraction of sp³-hybridized carbons (Fsp3) is 0.364. The van der Waals surface area contributed by atoms with Gasteiger partial charge in [0.2, 0.25) is 5.91 Å². The summed E-state index contributed by atoms with van der Waals surface area (Å²) in [7, 11) is 1.29. The number of carbonyl (C=O) groups excluding carboxylic acids is 3. The van der Waals surface area contributed by atoms with Gasteiger partial charge in [0.15, 0.2) is 5.82 Å². The molecule has 2 aliphatic heterocycles. The van der Waals surface area contributed by atoms with Gasteiger partial charge in [-0.15, -0.1) is 0 Å². The van der Waals surface area contributed by atoms with Crippen LogP contribution in [0.15, 0.2) is 73.4 Å². The van der Waals surface area contributed by atoms with Crippen molar-refractivity contribution < 1.29 is 29.0 Å². The summed E-state index contributed by atoms with van der Waals surface area (Å²) in [5.41, 5.74) is 6.19. The number of H-pyrrole nitrogens is 2. The molecule has 60 heavy (non-hydrogen) atoms. The molecule has 1 unspecified atom stereocenters. The van der Waals surface area contributed by atoms with E-state index >= 15 is 0 Å². The summed E-state index contributed by atoms with van der Waals surface area (Å²) in [6.45, 7) is 4.94. The highest BCUT2D eigenvalue weighted by molar-refractivity contribution is 5.91. The number of benzene rings is 2. The Morgan fingerprint density at radius 2 is 1.58 bits per heavy atom. The van der Waals surface area contributed by atoms with Gasteiger partial charge in [-0.1, -0.05) is 38.1 Å². The fourth-order valence-electron chi connectivity index (χ4n) is 9.20. The topological polar surface area (TPSA) is 213 Å². The van der Waals surface area contributed by atoms with Gasteiger partial charge in [0.25, 0.3) is 0 Å². The number of aromatic nitrogens is 7. The van der Waals surface area contributed by atoms with Gasteiger partial charge in [0.05, 0.1) is 42.9 Å². The summed E-state index contributed by atoms with van der Waals surface area (Å²) in [4.78, 5) is 78.2. The Hall–Kier alpha value is -6.84. The molecule has 0 radical (unpaired) electrons. The number of aryl methyl sites for hydroxylation is 1. The molecule has 5 N–H and O–H groups in total. The molecular formula is C44H46N10O6. The molecule has 1 fully saturated rings. The van der Waals surface area contributed by atoms with E-state index in [0.29, 0.717) is 37.0 Å². The third kappa shape index (κ3) is 7.26. The first-order chi connectivity index (χ1) is 29.0. The maximum Gasteiger partial charge on any atom is 0.407 e. The standard InChI is InChI=1S/C44H46N10O6/c1-23(2)37(52-44(59)60-3)42(56)54-13-4-5-34(54)41-48-20-32(50-41)27-8-6-26-16-28(9-7-25(26)15-27)39-45-18-30(19-46-39)33-21-47-40(49-33)29-17-35(55)36-31(51-43(57)58)11-10-24-12-14-53(22-29)38(24)36/h6-9,12,14-16,18-21,23,29,31,34,36-37,51H,4-5,10-11,13,17,22H2,1-3H3,(H,47,49)(H,48,50)(H,52,59)(H,57,58)/t29-,31-,34-,36?,37-/m0/s1. The highest BCUT2D eigenvalue weighted by Gasteiger charge is 2.42. The van der Waals surface area contributed by atoms with E-state index in [1.807, 2.05) is 44.3 Å². The lowest BCUT2D eigenvalue weighted by Gasteiger charge is -2.31. The van der Waals surface area contributed by atoms with E-state index in [2.05, 4.69) is 48.4 Å². The van der Waals surface area contributed by atoms with Gasteiger partial charge in [-0.2, -0.15) is 0 Å². The van der Waals surface area contributed by atoms with Crippen molar-refractivity contribution in [3.8, 4) is 33.9 Å². The molecule has 1 saturated heterocycles. The number of nitrogens with zero attached hydrogens (tertiary/aromatic N) is 6. The second kappa shape index (κ2) is 15.7. The van der Waals surface area contributed by atoms with Crippen LogP contribution in [0.25, 0.3) is 44.7 Å². The van der Waals surface area contributed by atoms with Gasteiger partial charge < -0.3 is 39.9 Å².